The van der Waals surface area contributed by atoms with E-state index >= 15 is 0 Å². The Morgan fingerprint density at radius 3 is 2.34 bits per heavy atom. The van der Waals surface area contributed by atoms with E-state index in [4.69, 9.17) is 4.74 Å². The predicted octanol–water partition coefficient (Wildman–Crippen LogP) is 4.45. The number of hydrogen-bond acceptors (Lipinski definition) is 4. The second-order valence-corrected chi connectivity index (χ2v) is 6.62. The summed E-state index contributed by atoms with van der Waals surface area (Å²) in [6.45, 7) is 3.39. The first kappa shape index (κ1) is 22.2. The zero-order valence-corrected chi connectivity index (χ0v) is 16.3. The van der Waals surface area contributed by atoms with Crippen molar-refractivity contribution in [3.63, 3.8) is 0 Å². The number of ketones is 1. The molecule has 0 aliphatic rings. The van der Waals surface area contributed by atoms with Crippen LogP contribution in [0.2, 0.25) is 0 Å². The van der Waals surface area contributed by atoms with Gasteiger partial charge in [0.1, 0.15) is 11.6 Å². The Bertz CT molecular complexity index is 881. The molecule has 1 atom stereocenters. The van der Waals surface area contributed by atoms with E-state index in [9.17, 15) is 23.2 Å². The fraction of sp³-hybridized carbons (Fsp3) is 0.318. The van der Waals surface area contributed by atoms with E-state index in [0.717, 1.165) is 30.5 Å². The van der Waals surface area contributed by atoms with Crippen LogP contribution in [0.15, 0.2) is 42.5 Å². The molecule has 0 unspecified atom stereocenters. The fourth-order valence-corrected chi connectivity index (χ4v) is 2.64. The Kier molecular flexibility index (Phi) is 8.00. The number of carbonyl (C=O) groups is 3. The second-order valence-electron chi connectivity index (χ2n) is 6.62. The van der Waals surface area contributed by atoms with Gasteiger partial charge in [0.25, 0.3) is 5.91 Å². The van der Waals surface area contributed by atoms with Crippen molar-refractivity contribution in [1.82, 2.24) is 0 Å². The van der Waals surface area contributed by atoms with E-state index < -0.39 is 29.6 Å². The van der Waals surface area contributed by atoms with Crippen LogP contribution < -0.4 is 5.32 Å². The van der Waals surface area contributed by atoms with E-state index in [2.05, 4.69) is 12.2 Å². The van der Waals surface area contributed by atoms with Crippen molar-refractivity contribution < 1.29 is 27.9 Å². The first-order chi connectivity index (χ1) is 13.8. The van der Waals surface area contributed by atoms with Gasteiger partial charge in [0.15, 0.2) is 11.9 Å². The molecule has 1 N–H and O–H groups in total. The monoisotopic (exact) mass is 403 g/mol. The zero-order chi connectivity index (χ0) is 21.4. The van der Waals surface area contributed by atoms with E-state index in [1.807, 2.05) is 12.1 Å². The number of halogens is 2. The topological polar surface area (TPSA) is 72.5 Å². The highest BCUT2D eigenvalue weighted by Gasteiger charge is 2.20. The number of hydrogen-bond donors (Lipinski definition) is 1. The summed E-state index contributed by atoms with van der Waals surface area (Å²) in [6, 6.07) is 9.92. The number of benzene rings is 2. The first-order valence-electron chi connectivity index (χ1n) is 9.37. The van der Waals surface area contributed by atoms with Crippen molar-refractivity contribution in [1.29, 1.82) is 0 Å². The van der Waals surface area contributed by atoms with Crippen molar-refractivity contribution in [2.75, 3.05) is 5.32 Å². The summed E-state index contributed by atoms with van der Waals surface area (Å²) >= 11 is 0. The third-order valence-electron chi connectivity index (χ3n) is 4.24. The van der Waals surface area contributed by atoms with E-state index in [0.29, 0.717) is 11.6 Å². The molecule has 0 bridgehead atoms. The lowest BCUT2D eigenvalue weighted by atomic mass is 10.0. The summed E-state index contributed by atoms with van der Waals surface area (Å²) in [6.07, 6.45) is 0.516. The maximum Gasteiger partial charge on any atom is 0.307 e. The second kappa shape index (κ2) is 10.5. The van der Waals surface area contributed by atoms with Gasteiger partial charge in [-0.1, -0.05) is 37.6 Å². The molecule has 0 saturated heterocycles. The van der Waals surface area contributed by atoms with Gasteiger partial charge < -0.3 is 10.1 Å². The Morgan fingerprint density at radius 2 is 1.72 bits per heavy atom. The smallest absolute Gasteiger partial charge is 0.307 e. The average molecular weight is 403 g/mol. The minimum Gasteiger partial charge on any atom is -0.453 e. The molecule has 2 aromatic rings. The molecule has 1 amide bonds. The summed E-state index contributed by atoms with van der Waals surface area (Å²) < 4.78 is 31.5. The molecule has 7 heteroatoms. The van der Waals surface area contributed by atoms with Gasteiger partial charge in [0.2, 0.25) is 0 Å². The van der Waals surface area contributed by atoms with Gasteiger partial charge in [-0.15, -0.1) is 0 Å². The van der Waals surface area contributed by atoms with Gasteiger partial charge in [0, 0.05) is 18.1 Å². The number of esters is 1. The van der Waals surface area contributed by atoms with Crippen LogP contribution in [0.4, 0.5) is 14.5 Å². The molecule has 0 heterocycles. The number of anilines is 1. The minimum absolute atomic E-state index is 0.0487. The van der Waals surface area contributed by atoms with E-state index in [1.165, 1.54) is 6.92 Å². The van der Waals surface area contributed by atoms with Crippen LogP contribution in [0.5, 0.6) is 0 Å². The standard InChI is InChI=1S/C22H23F2NO4/c1-3-4-15-5-7-16(8-6-15)20(26)11-12-21(27)29-14(2)22(28)25-19-10-9-17(23)13-18(19)24/h5-10,13-14H,3-4,11-12H2,1-2H3,(H,25,28)/t14-/m0/s1. The van der Waals surface area contributed by atoms with Gasteiger partial charge in [0.05, 0.1) is 12.1 Å². The van der Waals surface area contributed by atoms with Crippen molar-refractivity contribution >= 4 is 23.3 Å². The average Bonchev–Trinajstić information content (AvgIpc) is 2.69. The highest BCUT2D eigenvalue weighted by molar-refractivity contribution is 5.98. The SMILES string of the molecule is CCCc1ccc(C(=O)CCC(=O)O[C@@H](C)C(=O)Nc2ccc(F)cc2F)cc1. The molecule has 0 aromatic heterocycles. The van der Waals surface area contributed by atoms with Crippen LogP contribution in [0, 0.1) is 11.6 Å². The highest BCUT2D eigenvalue weighted by atomic mass is 19.1. The van der Waals surface area contributed by atoms with Crippen molar-refractivity contribution in [3.8, 4) is 0 Å². The van der Waals surface area contributed by atoms with Gasteiger partial charge in [-0.2, -0.15) is 0 Å². The number of amides is 1. The molecule has 2 rings (SSSR count). The molecule has 0 saturated carbocycles. The molecule has 0 aliphatic heterocycles. The molecule has 2 aromatic carbocycles. The molecular weight excluding hydrogens is 380 g/mol. The van der Waals surface area contributed by atoms with E-state index in [1.54, 1.807) is 12.1 Å². The van der Waals surface area contributed by atoms with E-state index in [-0.39, 0.29) is 24.3 Å². The summed E-state index contributed by atoms with van der Waals surface area (Å²) in [5.74, 6) is -3.39. The quantitative estimate of drug-likeness (QED) is 0.496. The van der Waals surface area contributed by atoms with Crippen molar-refractivity contribution in [2.24, 2.45) is 0 Å². The lowest BCUT2D eigenvalue weighted by molar-refractivity contribution is -0.153. The Balaban J connectivity index is 1.81. The molecule has 5 nitrogen and oxygen atoms in total. The summed E-state index contributed by atoms with van der Waals surface area (Å²) in [5.41, 5.74) is 1.43. The number of Topliss-reactive ketones (excluding diaryl/α,β-unsaturated/α-hetero) is 1. The van der Waals surface area contributed by atoms with Gasteiger partial charge in [-0.05, 0) is 31.0 Å². The van der Waals surface area contributed by atoms with Crippen LogP contribution in [0.3, 0.4) is 0 Å². The molecule has 0 fully saturated rings. The molecule has 0 aliphatic carbocycles. The largest absolute Gasteiger partial charge is 0.453 e. The molecule has 0 spiro atoms. The maximum absolute atomic E-state index is 13.6. The third-order valence-corrected chi connectivity index (χ3v) is 4.24. The number of nitrogens with one attached hydrogen (secondary N) is 1. The number of ether oxygens (including phenoxy) is 1. The summed E-state index contributed by atoms with van der Waals surface area (Å²) in [5, 5.41) is 2.22. The van der Waals surface area contributed by atoms with Crippen LogP contribution in [-0.4, -0.2) is 23.8 Å². The van der Waals surface area contributed by atoms with Crippen molar-refractivity contribution in [2.45, 2.75) is 45.6 Å². The fourth-order valence-electron chi connectivity index (χ4n) is 2.64. The van der Waals surface area contributed by atoms with Crippen LogP contribution >= 0.6 is 0 Å². The molecule has 154 valence electrons. The lowest BCUT2D eigenvalue weighted by Gasteiger charge is -2.14. The Labute approximate surface area is 168 Å². The first-order valence-corrected chi connectivity index (χ1v) is 9.37. The van der Waals surface area contributed by atoms with Crippen LogP contribution in [0.25, 0.3) is 0 Å². The highest BCUT2D eigenvalue weighted by Crippen LogP contribution is 2.16. The number of carbonyl (C=O) groups excluding carboxylic acids is 3. The summed E-state index contributed by atoms with van der Waals surface area (Å²) in [4.78, 5) is 36.1. The van der Waals surface area contributed by atoms with Crippen molar-refractivity contribution in [3.05, 3.63) is 65.2 Å². The predicted molar refractivity (Wildman–Crippen MR) is 105 cm³/mol. The minimum atomic E-state index is -1.20. The number of aryl methyl sites for hydroxylation is 1. The zero-order valence-electron chi connectivity index (χ0n) is 16.3. The molecule has 29 heavy (non-hydrogen) atoms. The van der Waals surface area contributed by atoms with Gasteiger partial charge in [-0.25, -0.2) is 8.78 Å². The Morgan fingerprint density at radius 1 is 1.03 bits per heavy atom. The van der Waals surface area contributed by atoms with Gasteiger partial charge >= 0.3 is 5.97 Å². The van der Waals surface area contributed by atoms with Gasteiger partial charge in [-0.3, -0.25) is 14.4 Å². The Hall–Kier alpha value is -3.09. The molecular formula is C22H23F2NO4. The summed E-state index contributed by atoms with van der Waals surface area (Å²) in [7, 11) is 0. The maximum atomic E-state index is 13.6. The number of rotatable bonds is 9. The van der Waals surface area contributed by atoms with Crippen LogP contribution in [0.1, 0.15) is 49.0 Å². The third kappa shape index (κ3) is 6.78. The molecule has 0 radical (unpaired) electrons. The lowest BCUT2D eigenvalue weighted by Crippen LogP contribution is -2.30. The van der Waals surface area contributed by atoms with Crippen LogP contribution in [-0.2, 0) is 20.7 Å². The normalized spacial score (nSPS) is 11.6.